The maximum Gasteiger partial charge on any atom is 0.252 e. The molecule has 0 aliphatic carbocycles. The highest BCUT2D eigenvalue weighted by molar-refractivity contribution is 5.78. The maximum absolute atomic E-state index is 12.0. The van der Waals surface area contributed by atoms with Gasteiger partial charge < -0.3 is 4.98 Å². The van der Waals surface area contributed by atoms with E-state index < -0.39 is 0 Å². The molecule has 2 aromatic rings. The summed E-state index contributed by atoms with van der Waals surface area (Å²) in [4.78, 5) is 17.0. The zero-order valence-electron chi connectivity index (χ0n) is 11.0. The van der Waals surface area contributed by atoms with Gasteiger partial charge in [-0.1, -0.05) is 25.1 Å². The molecule has 0 radical (unpaired) electrons. The van der Waals surface area contributed by atoms with Crippen molar-refractivity contribution in [3.8, 4) is 6.07 Å². The second-order valence-electron chi connectivity index (χ2n) is 4.49. The Morgan fingerprint density at radius 2 is 2.16 bits per heavy atom. The SMILES string of the molecule is CCN(CCC#N)Cc1cc2ccccc2[nH]c1=O. The topological polar surface area (TPSA) is 59.9 Å². The first-order valence-electron chi connectivity index (χ1n) is 6.45. The number of hydrogen-bond acceptors (Lipinski definition) is 3. The van der Waals surface area contributed by atoms with E-state index >= 15 is 0 Å². The molecule has 0 saturated heterocycles. The quantitative estimate of drug-likeness (QED) is 0.891. The molecule has 0 fully saturated rings. The molecule has 98 valence electrons. The number of rotatable bonds is 5. The molecule has 1 heterocycles. The van der Waals surface area contributed by atoms with E-state index in [1.165, 1.54) is 0 Å². The minimum Gasteiger partial charge on any atom is -0.322 e. The van der Waals surface area contributed by atoms with Crippen LogP contribution in [0.15, 0.2) is 35.1 Å². The van der Waals surface area contributed by atoms with Crippen LogP contribution < -0.4 is 5.56 Å². The standard InChI is InChI=1S/C15H17N3O/c1-2-18(9-5-8-16)11-13-10-12-6-3-4-7-14(12)17-15(13)19/h3-4,6-7,10H,2,5,9,11H2,1H3,(H,17,19). The first-order valence-corrected chi connectivity index (χ1v) is 6.45. The summed E-state index contributed by atoms with van der Waals surface area (Å²) < 4.78 is 0. The highest BCUT2D eigenvalue weighted by atomic mass is 16.1. The fourth-order valence-corrected chi connectivity index (χ4v) is 2.11. The number of nitrogens with one attached hydrogen (secondary N) is 1. The molecule has 1 N–H and O–H groups in total. The predicted octanol–water partition coefficient (Wildman–Crippen LogP) is 2.26. The Balaban J connectivity index is 2.27. The van der Waals surface area contributed by atoms with Crippen LogP contribution in [0.4, 0.5) is 0 Å². The number of aromatic nitrogens is 1. The number of benzene rings is 1. The predicted molar refractivity (Wildman–Crippen MR) is 75.7 cm³/mol. The molecule has 4 nitrogen and oxygen atoms in total. The number of para-hydroxylation sites is 1. The van der Waals surface area contributed by atoms with E-state index in [2.05, 4.69) is 16.0 Å². The molecule has 19 heavy (non-hydrogen) atoms. The van der Waals surface area contributed by atoms with Crippen molar-refractivity contribution < 1.29 is 0 Å². The van der Waals surface area contributed by atoms with Crippen LogP contribution in [0.25, 0.3) is 10.9 Å². The highest BCUT2D eigenvalue weighted by Gasteiger charge is 2.08. The second kappa shape index (κ2) is 6.17. The van der Waals surface area contributed by atoms with Gasteiger partial charge in [0.05, 0.1) is 6.07 Å². The minimum atomic E-state index is -0.0471. The summed E-state index contributed by atoms with van der Waals surface area (Å²) in [5, 5.41) is 9.66. The summed E-state index contributed by atoms with van der Waals surface area (Å²) in [6.07, 6.45) is 0.485. The van der Waals surface area contributed by atoms with Crippen LogP contribution in [0, 0.1) is 11.3 Å². The van der Waals surface area contributed by atoms with E-state index in [1.54, 1.807) is 0 Å². The number of pyridine rings is 1. The number of fused-ring (bicyclic) bond motifs is 1. The Bertz CT molecular complexity index is 654. The van der Waals surface area contributed by atoms with E-state index in [0.29, 0.717) is 19.5 Å². The van der Waals surface area contributed by atoms with Gasteiger partial charge >= 0.3 is 0 Å². The molecule has 0 unspecified atom stereocenters. The van der Waals surface area contributed by atoms with E-state index in [9.17, 15) is 4.79 Å². The van der Waals surface area contributed by atoms with Gasteiger partial charge in [-0.2, -0.15) is 5.26 Å². The fraction of sp³-hybridized carbons (Fsp3) is 0.333. The summed E-state index contributed by atoms with van der Waals surface area (Å²) in [6.45, 7) is 4.14. The van der Waals surface area contributed by atoms with Gasteiger partial charge in [-0.25, -0.2) is 0 Å². The molecule has 0 amide bonds. The molecule has 0 spiro atoms. The van der Waals surface area contributed by atoms with Gasteiger partial charge in [0.25, 0.3) is 5.56 Å². The van der Waals surface area contributed by atoms with E-state index in [1.807, 2.05) is 37.3 Å². The maximum atomic E-state index is 12.0. The lowest BCUT2D eigenvalue weighted by Crippen LogP contribution is -2.27. The number of nitriles is 1. The molecule has 0 aliphatic heterocycles. The first-order chi connectivity index (χ1) is 9.24. The van der Waals surface area contributed by atoms with Gasteiger partial charge in [0.1, 0.15) is 0 Å². The molecule has 1 aromatic heterocycles. The second-order valence-corrected chi connectivity index (χ2v) is 4.49. The third-order valence-corrected chi connectivity index (χ3v) is 3.21. The molecule has 0 saturated carbocycles. The summed E-state index contributed by atoms with van der Waals surface area (Å²) in [5.41, 5.74) is 1.56. The number of H-pyrrole nitrogens is 1. The Morgan fingerprint density at radius 3 is 2.89 bits per heavy atom. The van der Waals surface area contributed by atoms with Crippen molar-refractivity contribution in [2.24, 2.45) is 0 Å². The summed E-state index contributed by atoms with van der Waals surface area (Å²) >= 11 is 0. The normalized spacial score (nSPS) is 10.8. The van der Waals surface area contributed by atoms with Gasteiger partial charge in [0.2, 0.25) is 0 Å². The van der Waals surface area contributed by atoms with Crippen molar-refractivity contribution in [1.29, 1.82) is 5.26 Å². The minimum absolute atomic E-state index is 0.0471. The van der Waals surface area contributed by atoms with Crippen LogP contribution in [0.1, 0.15) is 18.9 Å². The van der Waals surface area contributed by atoms with E-state index in [4.69, 9.17) is 5.26 Å². The third-order valence-electron chi connectivity index (χ3n) is 3.21. The average Bonchev–Trinajstić information content (AvgIpc) is 2.43. The van der Waals surface area contributed by atoms with Crippen molar-refractivity contribution in [3.05, 3.63) is 46.2 Å². The molecular formula is C15H17N3O. The number of aromatic amines is 1. The van der Waals surface area contributed by atoms with Crippen LogP contribution in [0.3, 0.4) is 0 Å². The van der Waals surface area contributed by atoms with Crippen molar-refractivity contribution in [1.82, 2.24) is 9.88 Å². The highest BCUT2D eigenvalue weighted by Crippen LogP contribution is 2.11. The van der Waals surface area contributed by atoms with Crippen LogP contribution in [0.2, 0.25) is 0 Å². The van der Waals surface area contributed by atoms with Gasteiger partial charge in [-0.05, 0) is 24.1 Å². The van der Waals surface area contributed by atoms with Gasteiger partial charge in [-0.15, -0.1) is 0 Å². The molecule has 0 atom stereocenters. The smallest absolute Gasteiger partial charge is 0.252 e. The molecule has 0 bridgehead atoms. The van der Waals surface area contributed by atoms with Crippen LogP contribution in [0.5, 0.6) is 0 Å². The first kappa shape index (κ1) is 13.3. The van der Waals surface area contributed by atoms with Gasteiger partial charge in [-0.3, -0.25) is 9.69 Å². The Morgan fingerprint density at radius 1 is 1.37 bits per heavy atom. The monoisotopic (exact) mass is 255 g/mol. The Labute approximate surface area is 112 Å². The molecule has 0 aliphatic rings. The molecular weight excluding hydrogens is 238 g/mol. The lowest BCUT2D eigenvalue weighted by Gasteiger charge is -2.18. The van der Waals surface area contributed by atoms with Gasteiger partial charge in [0, 0.05) is 30.6 Å². The van der Waals surface area contributed by atoms with Crippen molar-refractivity contribution in [3.63, 3.8) is 0 Å². The van der Waals surface area contributed by atoms with Crippen LogP contribution >= 0.6 is 0 Å². The van der Waals surface area contributed by atoms with Crippen LogP contribution in [-0.4, -0.2) is 23.0 Å². The largest absolute Gasteiger partial charge is 0.322 e. The summed E-state index contributed by atoms with van der Waals surface area (Å²) in [5.74, 6) is 0. The lowest BCUT2D eigenvalue weighted by atomic mass is 10.1. The summed E-state index contributed by atoms with van der Waals surface area (Å²) in [7, 11) is 0. The average molecular weight is 255 g/mol. The van der Waals surface area contributed by atoms with Crippen molar-refractivity contribution in [2.45, 2.75) is 19.9 Å². The Hall–Kier alpha value is -2.12. The van der Waals surface area contributed by atoms with E-state index in [-0.39, 0.29) is 5.56 Å². The zero-order chi connectivity index (χ0) is 13.7. The van der Waals surface area contributed by atoms with Crippen molar-refractivity contribution in [2.75, 3.05) is 13.1 Å². The van der Waals surface area contributed by atoms with E-state index in [0.717, 1.165) is 23.0 Å². The van der Waals surface area contributed by atoms with Crippen LogP contribution in [-0.2, 0) is 6.54 Å². The molecule has 4 heteroatoms. The zero-order valence-corrected chi connectivity index (χ0v) is 11.0. The Kier molecular flexibility index (Phi) is 4.32. The lowest BCUT2D eigenvalue weighted by molar-refractivity contribution is 0.285. The summed E-state index contributed by atoms with van der Waals surface area (Å²) in [6, 6.07) is 11.8. The third kappa shape index (κ3) is 3.21. The van der Waals surface area contributed by atoms with Gasteiger partial charge in [0.15, 0.2) is 0 Å². The molecule has 1 aromatic carbocycles. The van der Waals surface area contributed by atoms with Crippen molar-refractivity contribution >= 4 is 10.9 Å². The molecule has 2 rings (SSSR count). The number of nitrogens with zero attached hydrogens (tertiary/aromatic N) is 2. The fourth-order valence-electron chi connectivity index (χ4n) is 2.11. The number of hydrogen-bond donors (Lipinski definition) is 1.